The molecule has 0 aliphatic rings. The molecule has 8 heteroatoms. The van der Waals surface area contributed by atoms with Crippen LogP contribution in [0.25, 0.3) is 11.1 Å². The summed E-state index contributed by atoms with van der Waals surface area (Å²) in [6, 6.07) is 10.6. The van der Waals surface area contributed by atoms with Crippen molar-refractivity contribution >= 4 is 28.4 Å². The summed E-state index contributed by atoms with van der Waals surface area (Å²) in [5, 5.41) is 13.6. The summed E-state index contributed by atoms with van der Waals surface area (Å²) in [5.74, 6) is -1.23. The molecule has 110 valence electrons. The third-order valence-electron chi connectivity index (χ3n) is 3.02. The predicted molar refractivity (Wildman–Crippen MR) is 77.9 cm³/mol. The van der Waals surface area contributed by atoms with E-state index < -0.39 is 16.6 Å². The Kier molecular flexibility index (Phi) is 3.18. The van der Waals surface area contributed by atoms with E-state index in [1.165, 1.54) is 6.07 Å². The van der Waals surface area contributed by atoms with E-state index in [0.717, 1.165) is 6.07 Å². The maximum Gasteiger partial charge on any atom is 0.417 e. The molecule has 0 aliphatic carbocycles. The number of aromatic amines is 1. The fraction of sp³-hybridized carbons (Fsp3) is 0. The number of amides is 1. The maximum absolute atomic E-state index is 12.1. The second kappa shape index (κ2) is 5.17. The number of hydrogen-bond acceptors (Lipinski definition) is 5. The molecule has 3 aromatic rings. The second-order valence-electron chi connectivity index (χ2n) is 4.46. The van der Waals surface area contributed by atoms with Crippen LogP contribution >= 0.6 is 0 Å². The lowest BCUT2D eigenvalue weighted by molar-refractivity contribution is -0.383. The van der Waals surface area contributed by atoms with E-state index in [1.54, 1.807) is 30.3 Å². The second-order valence-corrected chi connectivity index (χ2v) is 4.46. The van der Waals surface area contributed by atoms with Crippen molar-refractivity contribution in [1.82, 2.24) is 4.98 Å². The smallest absolute Gasteiger partial charge is 0.408 e. The fourth-order valence-electron chi connectivity index (χ4n) is 2.02. The molecular weight excluding hydrogens is 290 g/mol. The minimum atomic E-state index is -0.726. The summed E-state index contributed by atoms with van der Waals surface area (Å²) in [5.41, 5.74) is 0.281. The number of nitro benzene ring substituents is 1. The minimum Gasteiger partial charge on any atom is -0.408 e. The Morgan fingerprint density at radius 1 is 1.23 bits per heavy atom. The largest absolute Gasteiger partial charge is 0.417 e. The highest BCUT2D eigenvalue weighted by molar-refractivity contribution is 6.06. The van der Waals surface area contributed by atoms with Crippen LogP contribution < -0.4 is 11.1 Å². The Morgan fingerprint density at radius 3 is 2.64 bits per heavy atom. The molecule has 0 saturated carbocycles. The van der Waals surface area contributed by atoms with Crippen LogP contribution in [0.4, 0.5) is 11.4 Å². The van der Waals surface area contributed by atoms with Crippen molar-refractivity contribution in [2.45, 2.75) is 0 Å². The van der Waals surface area contributed by atoms with Crippen LogP contribution in [-0.2, 0) is 0 Å². The molecule has 1 amide bonds. The lowest BCUT2D eigenvalue weighted by atomic mass is 10.2. The van der Waals surface area contributed by atoms with Gasteiger partial charge in [0.25, 0.3) is 11.6 Å². The number of anilines is 1. The molecule has 0 fully saturated rings. The topological polar surface area (TPSA) is 118 Å². The number of nitrogens with zero attached hydrogens (tertiary/aromatic N) is 1. The number of H-pyrrole nitrogens is 1. The number of nitrogens with one attached hydrogen (secondary N) is 2. The first-order chi connectivity index (χ1) is 10.5. The SMILES string of the molecule is O=C(Nc1cc2oc(=O)[nH]c2cc1[N+](=O)[O-])c1ccccc1. The highest BCUT2D eigenvalue weighted by Gasteiger charge is 2.19. The number of rotatable bonds is 3. The maximum atomic E-state index is 12.1. The summed E-state index contributed by atoms with van der Waals surface area (Å²) in [6.45, 7) is 0. The van der Waals surface area contributed by atoms with Gasteiger partial charge in [-0.25, -0.2) is 4.79 Å². The summed E-state index contributed by atoms with van der Waals surface area (Å²) < 4.78 is 4.85. The van der Waals surface area contributed by atoms with Gasteiger partial charge in [-0.1, -0.05) is 18.2 Å². The Labute approximate surface area is 122 Å². The van der Waals surface area contributed by atoms with Crippen molar-refractivity contribution in [2.75, 3.05) is 5.32 Å². The standard InChI is InChI=1S/C14H9N3O5/c18-13(8-4-2-1-3-5-8)15-9-7-12-10(16-14(19)22-12)6-11(9)17(20)21/h1-7H,(H,15,18)(H,16,19). The van der Waals surface area contributed by atoms with Crippen LogP contribution in [0.15, 0.2) is 51.7 Å². The van der Waals surface area contributed by atoms with Gasteiger partial charge in [0.05, 0.1) is 10.4 Å². The van der Waals surface area contributed by atoms with Gasteiger partial charge < -0.3 is 9.73 Å². The molecule has 0 bridgehead atoms. The van der Waals surface area contributed by atoms with Gasteiger partial charge in [0.1, 0.15) is 5.69 Å². The molecule has 0 saturated heterocycles. The fourth-order valence-corrected chi connectivity index (χ4v) is 2.02. The molecule has 2 aromatic carbocycles. The number of fused-ring (bicyclic) bond motifs is 1. The van der Waals surface area contributed by atoms with Crippen molar-refractivity contribution in [3.05, 3.63) is 68.7 Å². The number of oxazole rings is 1. The molecule has 2 N–H and O–H groups in total. The van der Waals surface area contributed by atoms with E-state index in [2.05, 4.69) is 10.3 Å². The summed E-state index contributed by atoms with van der Waals surface area (Å²) in [7, 11) is 0. The lowest BCUT2D eigenvalue weighted by Gasteiger charge is -2.05. The Bertz CT molecular complexity index is 927. The zero-order chi connectivity index (χ0) is 15.7. The molecule has 22 heavy (non-hydrogen) atoms. The van der Waals surface area contributed by atoms with Gasteiger partial charge in [-0.3, -0.25) is 19.9 Å². The molecule has 0 aliphatic heterocycles. The van der Waals surface area contributed by atoms with Crippen LogP contribution in [0.2, 0.25) is 0 Å². The molecule has 0 unspecified atom stereocenters. The predicted octanol–water partition coefficient (Wildman–Crippen LogP) is 2.28. The molecule has 3 rings (SSSR count). The van der Waals surface area contributed by atoms with Crippen LogP contribution in [0.3, 0.4) is 0 Å². The summed E-state index contributed by atoms with van der Waals surface area (Å²) >= 11 is 0. The number of carbonyl (C=O) groups is 1. The zero-order valence-corrected chi connectivity index (χ0v) is 11.0. The van der Waals surface area contributed by atoms with E-state index in [9.17, 15) is 19.7 Å². The van der Waals surface area contributed by atoms with Crippen LogP contribution in [-0.4, -0.2) is 15.8 Å². The van der Waals surface area contributed by atoms with Gasteiger partial charge in [-0.2, -0.15) is 0 Å². The zero-order valence-electron chi connectivity index (χ0n) is 11.0. The van der Waals surface area contributed by atoms with E-state index in [0.29, 0.717) is 5.56 Å². The normalized spacial score (nSPS) is 10.5. The first-order valence-corrected chi connectivity index (χ1v) is 6.22. The van der Waals surface area contributed by atoms with Gasteiger partial charge in [-0.05, 0) is 12.1 Å². The number of benzene rings is 2. The quantitative estimate of drug-likeness (QED) is 0.568. The molecule has 1 aromatic heterocycles. The van der Waals surface area contributed by atoms with Crippen molar-refractivity contribution in [2.24, 2.45) is 0 Å². The van der Waals surface area contributed by atoms with E-state index >= 15 is 0 Å². The molecule has 0 spiro atoms. The van der Waals surface area contributed by atoms with E-state index in [-0.39, 0.29) is 22.5 Å². The average molecular weight is 299 g/mol. The molecule has 0 radical (unpaired) electrons. The van der Waals surface area contributed by atoms with Gasteiger partial charge >= 0.3 is 5.76 Å². The van der Waals surface area contributed by atoms with Gasteiger partial charge in [0.15, 0.2) is 5.58 Å². The van der Waals surface area contributed by atoms with Gasteiger partial charge in [0.2, 0.25) is 0 Å². The monoisotopic (exact) mass is 299 g/mol. The van der Waals surface area contributed by atoms with Gasteiger partial charge in [-0.15, -0.1) is 0 Å². The third-order valence-corrected chi connectivity index (χ3v) is 3.02. The van der Waals surface area contributed by atoms with Crippen molar-refractivity contribution in [1.29, 1.82) is 0 Å². The van der Waals surface area contributed by atoms with Gasteiger partial charge in [0, 0.05) is 17.7 Å². The Balaban J connectivity index is 2.05. The molecular formula is C14H9N3O5. The third kappa shape index (κ3) is 2.44. The highest BCUT2D eigenvalue weighted by Crippen LogP contribution is 2.29. The van der Waals surface area contributed by atoms with Crippen molar-refractivity contribution in [3.63, 3.8) is 0 Å². The minimum absolute atomic E-state index is 0.0471. The first-order valence-electron chi connectivity index (χ1n) is 6.22. The number of nitro groups is 1. The number of aromatic nitrogens is 1. The Hall–Kier alpha value is -3.42. The lowest BCUT2D eigenvalue weighted by Crippen LogP contribution is -2.12. The summed E-state index contributed by atoms with van der Waals surface area (Å²) in [4.78, 5) is 36.0. The molecule has 8 nitrogen and oxygen atoms in total. The summed E-state index contributed by atoms with van der Waals surface area (Å²) in [6.07, 6.45) is 0. The van der Waals surface area contributed by atoms with E-state index in [1.807, 2.05) is 0 Å². The molecule has 0 atom stereocenters. The number of carbonyl (C=O) groups excluding carboxylic acids is 1. The van der Waals surface area contributed by atoms with Crippen molar-refractivity contribution < 1.29 is 14.1 Å². The highest BCUT2D eigenvalue weighted by atomic mass is 16.6. The van der Waals surface area contributed by atoms with Crippen LogP contribution in [0, 0.1) is 10.1 Å². The Morgan fingerprint density at radius 2 is 1.95 bits per heavy atom. The van der Waals surface area contributed by atoms with Crippen LogP contribution in [0.5, 0.6) is 0 Å². The van der Waals surface area contributed by atoms with Crippen LogP contribution in [0.1, 0.15) is 10.4 Å². The van der Waals surface area contributed by atoms with Crippen molar-refractivity contribution in [3.8, 4) is 0 Å². The molecule has 1 heterocycles. The number of hydrogen-bond donors (Lipinski definition) is 2. The van der Waals surface area contributed by atoms with E-state index in [4.69, 9.17) is 4.42 Å². The first kappa shape index (κ1) is 13.6. The average Bonchev–Trinajstić information content (AvgIpc) is 2.86.